The topological polar surface area (TPSA) is 68.1 Å². The van der Waals surface area contributed by atoms with E-state index in [-0.39, 0.29) is 0 Å². The minimum absolute atomic E-state index is 0.316. The van der Waals surface area contributed by atoms with Crippen LogP contribution in [0.3, 0.4) is 0 Å². The Labute approximate surface area is 95.9 Å². The molecular formula is C7H5BrF3N3O2. The van der Waals surface area contributed by atoms with Crippen LogP contribution in [0.25, 0.3) is 0 Å². The monoisotopic (exact) mass is 299 g/mol. The number of hydrogen-bond donors (Lipinski definition) is 1. The Morgan fingerprint density at radius 1 is 1.56 bits per heavy atom. The van der Waals surface area contributed by atoms with Gasteiger partial charge in [0, 0.05) is 16.7 Å². The van der Waals surface area contributed by atoms with Crippen LogP contribution >= 0.6 is 15.9 Å². The van der Waals surface area contributed by atoms with Crippen molar-refractivity contribution in [3.63, 3.8) is 0 Å². The summed E-state index contributed by atoms with van der Waals surface area (Å²) in [6.07, 6.45) is -3.28. The Morgan fingerprint density at radius 2 is 2.19 bits per heavy atom. The Hall–Kier alpha value is -1.38. The van der Waals surface area contributed by atoms with Crippen molar-refractivity contribution in [2.75, 3.05) is 11.9 Å². The predicted octanol–water partition coefficient (Wildman–Crippen LogP) is 2.73. The standard InChI is InChI=1S/C7H5BrF3N3O2/c8-4-1-5(14(15)16)6(12-2-4)13-3-7(9,10)11/h1-2H,3H2,(H,12,13). The maximum Gasteiger partial charge on any atom is 0.405 e. The summed E-state index contributed by atoms with van der Waals surface area (Å²) in [5, 5.41) is 12.4. The zero-order valence-electron chi connectivity index (χ0n) is 7.58. The summed E-state index contributed by atoms with van der Waals surface area (Å²) in [6, 6.07) is 1.08. The highest BCUT2D eigenvalue weighted by Gasteiger charge is 2.28. The number of nitrogens with zero attached hydrogens (tertiary/aromatic N) is 2. The SMILES string of the molecule is O=[N+]([O-])c1cc(Br)cnc1NCC(F)(F)F. The fourth-order valence-corrected chi connectivity index (χ4v) is 1.21. The second-order valence-electron chi connectivity index (χ2n) is 2.75. The molecule has 1 aromatic heterocycles. The van der Waals surface area contributed by atoms with Gasteiger partial charge in [-0.15, -0.1) is 0 Å². The van der Waals surface area contributed by atoms with E-state index in [1.807, 2.05) is 5.32 Å². The molecule has 0 aliphatic carbocycles. The van der Waals surface area contributed by atoms with E-state index in [0.29, 0.717) is 4.47 Å². The van der Waals surface area contributed by atoms with Crippen LogP contribution in [0.15, 0.2) is 16.7 Å². The first-order valence-corrected chi connectivity index (χ1v) is 4.69. The van der Waals surface area contributed by atoms with E-state index in [4.69, 9.17) is 0 Å². The van der Waals surface area contributed by atoms with Crippen LogP contribution in [0.5, 0.6) is 0 Å². The van der Waals surface area contributed by atoms with E-state index < -0.39 is 29.1 Å². The van der Waals surface area contributed by atoms with Crippen LogP contribution in [-0.4, -0.2) is 22.6 Å². The number of aromatic nitrogens is 1. The molecule has 1 N–H and O–H groups in total. The molecule has 0 unspecified atom stereocenters. The lowest BCUT2D eigenvalue weighted by Gasteiger charge is -2.08. The van der Waals surface area contributed by atoms with Gasteiger partial charge in [-0.1, -0.05) is 0 Å². The summed E-state index contributed by atoms with van der Waals surface area (Å²) in [5.74, 6) is -0.412. The predicted molar refractivity (Wildman–Crippen MR) is 53.1 cm³/mol. The Morgan fingerprint density at radius 3 is 2.69 bits per heavy atom. The van der Waals surface area contributed by atoms with Gasteiger partial charge in [0.05, 0.1) is 4.92 Å². The lowest BCUT2D eigenvalue weighted by atomic mass is 10.4. The molecule has 16 heavy (non-hydrogen) atoms. The Bertz CT molecular complexity index is 410. The minimum Gasteiger partial charge on any atom is -0.355 e. The third kappa shape index (κ3) is 3.65. The van der Waals surface area contributed by atoms with Gasteiger partial charge in [0.1, 0.15) is 6.54 Å². The molecule has 0 atom stereocenters. The number of anilines is 1. The molecule has 0 amide bonds. The van der Waals surface area contributed by atoms with Crippen molar-refractivity contribution in [2.45, 2.75) is 6.18 Å². The highest BCUT2D eigenvalue weighted by Crippen LogP contribution is 2.26. The van der Waals surface area contributed by atoms with Crippen molar-refractivity contribution in [3.8, 4) is 0 Å². The van der Waals surface area contributed by atoms with Crippen LogP contribution < -0.4 is 5.32 Å². The van der Waals surface area contributed by atoms with Crippen molar-refractivity contribution in [2.24, 2.45) is 0 Å². The average Bonchev–Trinajstić information content (AvgIpc) is 2.14. The fraction of sp³-hybridized carbons (Fsp3) is 0.286. The zero-order valence-corrected chi connectivity index (χ0v) is 9.17. The molecule has 0 saturated carbocycles. The lowest BCUT2D eigenvalue weighted by Crippen LogP contribution is -2.22. The Balaban J connectivity index is 2.91. The van der Waals surface area contributed by atoms with Crippen molar-refractivity contribution in [3.05, 3.63) is 26.9 Å². The second-order valence-corrected chi connectivity index (χ2v) is 3.66. The maximum absolute atomic E-state index is 11.9. The van der Waals surface area contributed by atoms with Crippen LogP contribution in [0.4, 0.5) is 24.7 Å². The molecule has 0 saturated heterocycles. The molecule has 1 heterocycles. The first-order chi connectivity index (χ1) is 7.29. The minimum atomic E-state index is -4.46. The molecule has 0 radical (unpaired) electrons. The number of rotatable bonds is 3. The maximum atomic E-state index is 11.9. The molecule has 0 aliphatic rings. The Kier molecular flexibility index (Phi) is 3.68. The highest BCUT2D eigenvalue weighted by molar-refractivity contribution is 9.10. The smallest absolute Gasteiger partial charge is 0.355 e. The number of alkyl halides is 3. The van der Waals surface area contributed by atoms with E-state index >= 15 is 0 Å². The van der Waals surface area contributed by atoms with E-state index in [2.05, 4.69) is 20.9 Å². The molecule has 5 nitrogen and oxygen atoms in total. The normalized spacial score (nSPS) is 11.2. The number of nitro groups is 1. The van der Waals surface area contributed by atoms with Gasteiger partial charge in [-0.3, -0.25) is 10.1 Å². The van der Waals surface area contributed by atoms with Gasteiger partial charge in [-0.05, 0) is 15.9 Å². The van der Waals surface area contributed by atoms with Gasteiger partial charge < -0.3 is 5.32 Å². The van der Waals surface area contributed by atoms with Gasteiger partial charge in [0.15, 0.2) is 0 Å². The number of halogens is 4. The summed E-state index contributed by atoms with van der Waals surface area (Å²) in [5.41, 5.74) is -0.515. The first kappa shape index (κ1) is 12.7. The third-order valence-electron chi connectivity index (χ3n) is 1.49. The zero-order chi connectivity index (χ0) is 12.3. The van der Waals surface area contributed by atoms with Gasteiger partial charge in [-0.25, -0.2) is 4.98 Å². The molecule has 1 rings (SSSR count). The fourth-order valence-electron chi connectivity index (χ4n) is 0.888. The molecule has 88 valence electrons. The van der Waals surface area contributed by atoms with Crippen LogP contribution in [-0.2, 0) is 0 Å². The molecule has 1 aromatic rings. The number of hydrogen-bond acceptors (Lipinski definition) is 4. The third-order valence-corrected chi connectivity index (χ3v) is 1.92. The summed E-state index contributed by atoms with van der Waals surface area (Å²) < 4.78 is 36.0. The first-order valence-electron chi connectivity index (χ1n) is 3.90. The summed E-state index contributed by atoms with van der Waals surface area (Å²) >= 11 is 2.94. The molecule has 9 heteroatoms. The second kappa shape index (κ2) is 4.64. The number of pyridine rings is 1. The average molecular weight is 300 g/mol. The largest absolute Gasteiger partial charge is 0.405 e. The molecule has 0 aromatic carbocycles. The van der Waals surface area contributed by atoms with Crippen molar-refractivity contribution < 1.29 is 18.1 Å². The highest BCUT2D eigenvalue weighted by atomic mass is 79.9. The molecule has 0 spiro atoms. The van der Waals surface area contributed by atoms with Crippen molar-refractivity contribution in [1.29, 1.82) is 0 Å². The summed E-state index contributed by atoms with van der Waals surface area (Å²) in [4.78, 5) is 13.2. The summed E-state index contributed by atoms with van der Waals surface area (Å²) in [7, 11) is 0. The quantitative estimate of drug-likeness (QED) is 0.688. The van der Waals surface area contributed by atoms with Crippen molar-refractivity contribution in [1.82, 2.24) is 4.98 Å². The summed E-state index contributed by atoms with van der Waals surface area (Å²) in [6.45, 7) is -1.37. The molecular weight excluding hydrogens is 295 g/mol. The van der Waals surface area contributed by atoms with Gasteiger partial charge >= 0.3 is 11.9 Å². The molecule has 0 fully saturated rings. The van der Waals surface area contributed by atoms with Crippen LogP contribution in [0, 0.1) is 10.1 Å². The van der Waals surface area contributed by atoms with Gasteiger partial charge in [-0.2, -0.15) is 13.2 Å². The van der Waals surface area contributed by atoms with Crippen LogP contribution in [0.1, 0.15) is 0 Å². The number of nitrogens with one attached hydrogen (secondary N) is 1. The van der Waals surface area contributed by atoms with E-state index in [9.17, 15) is 23.3 Å². The lowest BCUT2D eigenvalue weighted by molar-refractivity contribution is -0.384. The van der Waals surface area contributed by atoms with Gasteiger partial charge in [0.25, 0.3) is 0 Å². The van der Waals surface area contributed by atoms with E-state index in [1.54, 1.807) is 0 Å². The molecule has 0 aliphatic heterocycles. The van der Waals surface area contributed by atoms with Gasteiger partial charge in [0.2, 0.25) is 5.82 Å². The van der Waals surface area contributed by atoms with Crippen LogP contribution in [0.2, 0.25) is 0 Å². The molecule has 0 bridgehead atoms. The van der Waals surface area contributed by atoms with E-state index in [1.165, 1.54) is 6.20 Å². The van der Waals surface area contributed by atoms with Crippen molar-refractivity contribution >= 4 is 27.4 Å². The van der Waals surface area contributed by atoms with E-state index in [0.717, 1.165) is 6.07 Å².